The van der Waals surface area contributed by atoms with Crippen LogP contribution in [0.5, 0.6) is 0 Å². The lowest BCUT2D eigenvalue weighted by molar-refractivity contribution is -0.393. The molecule has 1 aromatic carbocycles. The van der Waals surface area contributed by atoms with Gasteiger partial charge in [0.05, 0.1) is 0 Å². The first-order chi connectivity index (χ1) is 7.19. The van der Waals surface area contributed by atoms with Gasteiger partial charge in [-0.05, 0) is 17.1 Å². The van der Waals surface area contributed by atoms with Crippen LogP contribution in [-0.2, 0) is 0 Å². The number of aromatic nitrogens is 2. The Morgan fingerprint density at radius 1 is 1.40 bits per heavy atom. The predicted molar refractivity (Wildman–Crippen MR) is 58.7 cm³/mol. The molecule has 0 saturated heterocycles. The molecule has 1 aromatic heterocycles. The summed E-state index contributed by atoms with van der Waals surface area (Å²) in [6.07, 6.45) is 1.25. The van der Waals surface area contributed by atoms with E-state index in [0.29, 0.717) is 11.0 Å². The van der Waals surface area contributed by atoms with Gasteiger partial charge in [-0.25, -0.2) is 4.98 Å². The summed E-state index contributed by atoms with van der Waals surface area (Å²) in [6.45, 7) is 4.25. The fraction of sp³-hybridized carbons (Fsp3) is 0.300. The van der Waals surface area contributed by atoms with Gasteiger partial charge in [-0.1, -0.05) is 37.4 Å². The number of hydrogen-bond donors (Lipinski definition) is 1. The average Bonchev–Trinajstić information content (AvgIpc) is 2.62. The first-order valence-corrected chi connectivity index (χ1v) is 4.78. The smallest absolute Gasteiger partial charge is 0.390 e. The van der Waals surface area contributed by atoms with Crippen molar-refractivity contribution in [3.05, 3.63) is 34.4 Å². The predicted octanol–water partition coefficient (Wildman–Crippen LogP) is 2.89. The van der Waals surface area contributed by atoms with Gasteiger partial charge in [-0.3, -0.25) is 0 Å². The lowest BCUT2D eigenvalue weighted by Crippen LogP contribution is -1.88. The van der Waals surface area contributed by atoms with Crippen molar-refractivity contribution in [2.24, 2.45) is 0 Å². The number of nitro groups is 1. The molecular formula is C10H13N3O2. The van der Waals surface area contributed by atoms with Gasteiger partial charge in [0.25, 0.3) is 0 Å². The summed E-state index contributed by atoms with van der Waals surface area (Å²) in [5, 5.41) is 10.3. The number of imidazole rings is 1. The second-order valence-electron chi connectivity index (χ2n) is 3.04. The number of H-pyrrole nitrogens is 1. The van der Waals surface area contributed by atoms with Crippen LogP contribution in [-0.4, -0.2) is 14.9 Å². The van der Waals surface area contributed by atoms with Gasteiger partial charge in [0.2, 0.25) is 0 Å². The number of aromatic amines is 1. The van der Waals surface area contributed by atoms with E-state index in [1.54, 1.807) is 24.3 Å². The molecule has 0 atom stereocenters. The Morgan fingerprint density at radius 3 is 2.53 bits per heavy atom. The van der Waals surface area contributed by atoms with Gasteiger partial charge < -0.3 is 10.1 Å². The summed E-state index contributed by atoms with van der Waals surface area (Å²) >= 11 is 0. The zero-order valence-electron chi connectivity index (χ0n) is 8.73. The van der Waals surface area contributed by atoms with Crippen molar-refractivity contribution in [2.75, 3.05) is 0 Å². The highest BCUT2D eigenvalue weighted by Crippen LogP contribution is 2.14. The fourth-order valence-corrected chi connectivity index (χ4v) is 1.03. The first kappa shape index (κ1) is 11.2. The standard InChI is InChI=1S/C7H5N3O2.C3H8/c11-10(12)7-8-5-3-1-2-4-6(5)9-7;1-3-2/h1-4H,(H,8,9);3H2,1-2H3. The molecule has 5 heteroatoms. The van der Waals surface area contributed by atoms with Crippen molar-refractivity contribution in [1.82, 2.24) is 9.97 Å². The van der Waals surface area contributed by atoms with Crippen LogP contribution in [0.4, 0.5) is 5.95 Å². The Balaban J connectivity index is 0.000000337. The summed E-state index contributed by atoms with van der Waals surface area (Å²) < 4.78 is 0. The van der Waals surface area contributed by atoms with Crippen LogP contribution in [0.25, 0.3) is 11.0 Å². The molecule has 0 aliphatic rings. The van der Waals surface area contributed by atoms with Crippen molar-refractivity contribution in [3.63, 3.8) is 0 Å². The first-order valence-electron chi connectivity index (χ1n) is 4.78. The zero-order chi connectivity index (χ0) is 11.3. The summed E-state index contributed by atoms with van der Waals surface area (Å²) in [6, 6.07) is 7.05. The van der Waals surface area contributed by atoms with E-state index in [1.807, 2.05) is 0 Å². The highest BCUT2D eigenvalue weighted by Gasteiger charge is 2.11. The monoisotopic (exact) mass is 207 g/mol. The molecule has 0 spiro atoms. The summed E-state index contributed by atoms with van der Waals surface area (Å²) in [4.78, 5) is 16.1. The second-order valence-corrected chi connectivity index (χ2v) is 3.04. The largest absolute Gasteiger partial charge is 0.433 e. The third-order valence-electron chi connectivity index (χ3n) is 1.55. The molecule has 0 saturated carbocycles. The minimum atomic E-state index is -0.542. The highest BCUT2D eigenvalue weighted by molar-refractivity contribution is 5.75. The third kappa shape index (κ3) is 2.77. The van der Waals surface area contributed by atoms with Crippen LogP contribution >= 0.6 is 0 Å². The van der Waals surface area contributed by atoms with E-state index >= 15 is 0 Å². The molecular weight excluding hydrogens is 194 g/mol. The Morgan fingerprint density at radius 2 is 2.00 bits per heavy atom. The number of nitrogens with one attached hydrogen (secondary N) is 1. The molecule has 80 valence electrons. The van der Waals surface area contributed by atoms with Gasteiger partial charge >= 0.3 is 5.95 Å². The van der Waals surface area contributed by atoms with Gasteiger partial charge in [0.15, 0.2) is 5.52 Å². The Hall–Kier alpha value is -1.91. The lowest BCUT2D eigenvalue weighted by atomic mass is 10.3. The number of benzene rings is 1. The minimum absolute atomic E-state index is 0.212. The molecule has 0 radical (unpaired) electrons. The SMILES string of the molecule is CCC.O=[N+]([O-])c1nc2ccccc2[nH]1. The van der Waals surface area contributed by atoms with Crippen molar-refractivity contribution in [2.45, 2.75) is 20.3 Å². The molecule has 2 rings (SSSR count). The van der Waals surface area contributed by atoms with Gasteiger partial charge in [-0.2, -0.15) is 0 Å². The van der Waals surface area contributed by atoms with Crippen molar-refractivity contribution >= 4 is 17.0 Å². The van der Waals surface area contributed by atoms with Crippen molar-refractivity contribution in [3.8, 4) is 0 Å². The average molecular weight is 207 g/mol. The van der Waals surface area contributed by atoms with Crippen molar-refractivity contribution < 1.29 is 4.92 Å². The van der Waals surface area contributed by atoms with Crippen molar-refractivity contribution in [1.29, 1.82) is 0 Å². The van der Waals surface area contributed by atoms with Crippen LogP contribution in [0, 0.1) is 10.1 Å². The molecule has 2 aromatic rings. The molecule has 0 aliphatic heterocycles. The van der Waals surface area contributed by atoms with E-state index in [9.17, 15) is 10.1 Å². The number of nitrogens with zero attached hydrogens (tertiary/aromatic N) is 2. The number of para-hydroxylation sites is 2. The second kappa shape index (κ2) is 5.09. The summed E-state index contributed by atoms with van der Waals surface area (Å²) in [7, 11) is 0. The summed E-state index contributed by atoms with van der Waals surface area (Å²) in [5.74, 6) is -0.212. The number of hydrogen-bond acceptors (Lipinski definition) is 3. The maximum Gasteiger partial charge on any atom is 0.433 e. The van der Waals surface area contributed by atoms with E-state index in [0.717, 1.165) is 0 Å². The van der Waals surface area contributed by atoms with E-state index in [2.05, 4.69) is 23.8 Å². The molecule has 1 heterocycles. The zero-order valence-corrected chi connectivity index (χ0v) is 8.73. The van der Waals surface area contributed by atoms with E-state index in [-0.39, 0.29) is 5.95 Å². The third-order valence-corrected chi connectivity index (χ3v) is 1.55. The molecule has 0 fully saturated rings. The fourth-order valence-electron chi connectivity index (χ4n) is 1.03. The topological polar surface area (TPSA) is 71.8 Å². The molecule has 0 bridgehead atoms. The van der Waals surface area contributed by atoms with Crippen LogP contribution in [0.15, 0.2) is 24.3 Å². The molecule has 15 heavy (non-hydrogen) atoms. The van der Waals surface area contributed by atoms with Crippen LogP contribution in [0.2, 0.25) is 0 Å². The molecule has 0 amide bonds. The Bertz CT molecular complexity index is 418. The maximum atomic E-state index is 10.3. The lowest BCUT2D eigenvalue weighted by Gasteiger charge is -1.84. The highest BCUT2D eigenvalue weighted by atomic mass is 16.6. The maximum absolute atomic E-state index is 10.3. The van der Waals surface area contributed by atoms with Gasteiger partial charge in [0, 0.05) is 0 Å². The molecule has 0 aliphatic carbocycles. The Kier molecular flexibility index (Phi) is 3.79. The molecule has 5 nitrogen and oxygen atoms in total. The van der Waals surface area contributed by atoms with E-state index < -0.39 is 4.92 Å². The number of fused-ring (bicyclic) bond motifs is 1. The quantitative estimate of drug-likeness (QED) is 0.577. The number of rotatable bonds is 1. The molecule has 1 N–H and O–H groups in total. The van der Waals surface area contributed by atoms with Gasteiger partial charge in [-0.15, -0.1) is 0 Å². The normalized spacial score (nSPS) is 9.47. The minimum Gasteiger partial charge on any atom is -0.390 e. The van der Waals surface area contributed by atoms with Crippen LogP contribution < -0.4 is 0 Å². The van der Waals surface area contributed by atoms with Crippen LogP contribution in [0.3, 0.4) is 0 Å². The molecule has 0 unspecified atom stereocenters. The summed E-state index contributed by atoms with van der Waals surface area (Å²) in [5.41, 5.74) is 1.30. The van der Waals surface area contributed by atoms with E-state index in [4.69, 9.17) is 0 Å². The van der Waals surface area contributed by atoms with E-state index in [1.165, 1.54) is 6.42 Å². The van der Waals surface area contributed by atoms with Gasteiger partial charge in [0.1, 0.15) is 5.52 Å². The Labute approximate surface area is 87.3 Å². The van der Waals surface area contributed by atoms with Crippen LogP contribution in [0.1, 0.15) is 20.3 Å².